The molecule has 5 aromatic rings. The van der Waals surface area contributed by atoms with Crippen molar-refractivity contribution in [2.75, 3.05) is 49.8 Å². The average Bonchev–Trinajstić information content (AvgIpc) is 3.62. The Morgan fingerprint density at radius 1 is 1.11 bits per heavy atom. The van der Waals surface area contributed by atoms with Gasteiger partial charge in [0.25, 0.3) is 0 Å². The van der Waals surface area contributed by atoms with Crippen molar-refractivity contribution in [3.05, 3.63) is 78.8 Å². The molecule has 10 nitrogen and oxygen atoms in total. The van der Waals surface area contributed by atoms with E-state index in [0.29, 0.717) is 11.6 Å². The highest BCUT2D eigenvalue weighted by atomic mass is 16.1. The molecule has 2 N–H and O–H groups in total. The van der Waals surface area contributed by atoms with Crippen LogP contribution < -0.4 is 15.5 Å². The van der Waals surface area contributed by atoms with E-state index in [1.165, 1.54) is 22.5 Å². The molecule has 0 spiro atoms. The number of anilines is 4. The summed E-state index contributed by atoms with van der Waals surface area (Å²) < 4.78 is 4.21. The maximum atomic E-state index is 12.4. The summed E-state index contributed by atoms with van der Waals surface area (Å²) in [6.45, 7) is 8.34. The molecule has 1 amide bonds. The predicted octanol–water partition coefficient (Wildman–Crippen LogP) is 5.62. The lowest BCUT2D eigenvalue weighted by atomic mass is 10.00. The van der Waals surface area contributed by atoms with Gasteiger partial charge in [0.15, 0.2) is 0 Å². The second-order valence-electron chi connectivity index (χ2n) is 11.7. The Kier molecular flexibility index (Phi) is 7.92. The zero-order valence-corrected chi connectivity index (χ0v) is 26.1. The molecular formula is C34H39N9O. The van der Waals surface area contributed by atoms with E-state index in [1.54, 1.807) is 6.20 Å². The Bertz CT molecular complexity index is 1870. The van der Waals surface area contributed by atoms with E-state index < -0.39 is 0 Å². The summed E-state index contributed by atoms with van der Waals surface area (Å²) in [6.07, 6.45) is 9.37. The topological polar surface area (TPSA) is 96.1 Å². The molecule has 6 rings (SSSR count). The lowest BCUT2D eigenvalue weighted by Crippen LogP contribution is -2.29. The van der Waals surface area contributed by atoms with Crippen LogP contribution in [0.2, 0.25) is 0 Å². The van der Waals surface area contributed by atoms with Crippen LogP contribution in [0, 0.1) is 6.92 Å². The van der Waals surface area contributed by atoms with Gasteiger partial charge in [0.2, 0.25) is 11.9 Å². The standard InChI is InChI=1S/C34H39N9O/c1-7-31(44)37-28-19-27(22(2)18-30(28)41(5)17-16-40(3)4)38-34-35-20-25(29-13-14-36-42(29)6)32(39-34)26-21-43-15-9-11-23-10-8-12-24(26)33(23)43/h7-8,10,12-14,18-21H,1,9,11,15-17H2,2-6H3,(H,37,44)(H,35,38,39). The molecule has 0 radical (unpaired) electrons. The first kappa shape index (κ1) is 29.1. The molecule has 44 heavy (non-hydrogen) atoms. The number of benzene rings is 2. The molecular weight excluding hydrogens is 550 g/mol. The van der Waals surface area contributed by atoms with E-state index in [2.05, 4.69) is 67.1 Å². The summed E-state index contributed by atoms with van der Waals surface area (Å²) in [7, 11) is 8.05. The fourth-order valence-corrected chi connectivity index (χ4v) is 5.94. The fourth-order valence-electron chi connectivity index (χ4n) is 5.94. The maximum absolute atomic E-state index is 12.4. The maximum Gasteiger partial charge on any atom is 0.247 e. The first-order valence-corrected chi connectivity index (χ1v) is 14.9. The van der Waals surface area contributed by atoms with Crippen molar-refractivity contribution in [1.29, 1.82) is 0 Å². The van der Waals surface area contributed by atoms with Gasteiger partial charge >= 0.3 is 0 Å². The Hall–Kier alpha value is -4.96. The largest absolute Gasteiger partial charge is 0.372 e. The quantitative estimate of drug-likeness (QED) is 0.204. The van der Waals surface area contributed by atoms with Crippen LogP contribution in [-0.2, 0) is 24.8 Å². The first-order valence-electron chi connectivity index (χ1n) is 14.9. The van der Waals surface area contributed by atoms with Gasteiger partial charge in [-0.15, -0.1) is 0 Å². The van der Waals surface area contributed by atoms with Crippen molar-refractivity contribution < 1.29 is 4.79 Å². The van der Waals surface area contributed by atoms with Gasteiger partial charge in [-0.1, -0.05) is 24.8 Å². The van der Waals surface area contributed by atoms with E-state index in [1.807, 2.05) is 58.1 Å². The number of para-hydroxylation sites is 1. The molecule has 10 heteroatoms. The molecule has 1 aliphatic heterocycles. The Morgan fingerprint density at radius 2 is 1.95 bits per heavy atom. The van der Waals surface area contributed by atoms with Gasteiger partial charge in [0, 0.05) is 74.5 Å². The number of aromatic nitrogens is 5. The summed E-state index contributed by atoms with van der Waals surface area (Å²) in [6, 6.07) is 12.6. The third-order valence-electron chi connectivity index (χ3n) is 8.29. The van der Waals surface area contributed by atoms with Crippen molar-refractivity contribution in [3.63, 3.8) is 0 Å². The minimum absolute atomic E-state index is 0.269. The molecule has 0 aliphatic carbocycles. The fraction of sp³-hybridized carbons (Fsp3) is 0.294. The number of aryl methyl sites for hydroxylation is 4. The van der Waals surface area contributed by atoms with E-state index >= 15 is 0 Å². The van der Waals surface area contributed by atoms with Gasteiger partial charge in [-0.05, 0) is 69.3 Å². The zero-order chi connectivity index (χ0) is 31.0. The van der Waals surface area contributed by atoms with Crippen molar-refractivity contribution in [3.8, 4) is 22.5 Å². The number of hydrogen-bond donors (Lipinski definition) is 2. The van der Waals surface area contributed by atoms with Crippen LogP contribution in [0.15, 0.2) is 67.6 Å². The van der Waals surface area contributed by atoms with Gasteiger partial charge in [-0.3, -0.25) is 9.48 Å². The van der Waals surface area contributed by atoms with Gasteiger partial charge < -0.3 is 25.0 Å². The Morgan fingerprint density at radius 3 is 2.70 bits per heavy atom. The first-order chi connectivity index (χ1) is 21.2. The second-order valence-corrected chi connectivity index (χ2v) is 11.7. The van der Waals surface area contributed by atoms with Gasteiger partial charge in [0.05, 0.1) is 28.3 Å². The van der Waals surface area contributed by atoms with E-state index in [4.69, 9.17) is 9.97 Å². The molecule has 0 saturated heterocycles. The van der Waals surface area contributed by atoms with Crippen molar-refractivity contribution in [2.24, 2.45) is 7.05 Å². The highest BCUT2D eigenvalue weighted by Crippen LogP contribution is 2.39. The smallest absolute Gasteiger partial charge is 0.247 e. The summed E-state index contributed by atoms with van der Waals surface area (Å²) in [5, 5.41) is 12.0. The molecule has 2 aromatic carbocycles. The van der Waals surface area contributed by atoms with Crippen LogP contribution >= 0.6 is 0 Å². The molecule has 0 unspecified atom stereocenters. The number of carbonyl (C=O) groups is 1. The minimum Gasteiger partial charge on any atom is -0.372 e. The number of nitrogens with one attached hydrogen (secondary N) is 2. The Balaban J connectivity index is 1.44. The number of amides is 1. The third-order valence-corrected chi connectivity index (χ3v) is 8.29. The predicted molar refractivity (Wildman–Crippen MR) is 179 cm³/mol. The molecule has 4 heterocycles. The summed E-state index contributed by atoms with van der Waals surface area (Å²) in [5.41, 5.74) is 9.82. The van der Waals surface area contributed by atoms with E-state index in [0.717, 1.165) is 71.9 Å². The number of likely N-dealkylation sites (N-methyl/N-ethyl adjacent to an activating group) is 2. The lowest BCUT2D eigenvalue weighted by molar-refractivity contribution is -0.111. The number of nitrogens with zero attached hydrogens (tertiary/aromatic N) is 7. The number of hydrogen-bond acceptors (Lipinski definition) is 7. The molecule has 3 aromatic heterocycles. The van der Waals surface area contributed by atoms with Crippen LogP contribution in [0.3, 0.4) is 0 Å². The van der Waals surface area contributed by atoms with Gasteiger partial charge in [-0.2, -0.15) is 5.10 Å². The lowest BCUT2D eigenvalue weighted by Gasteiger charge is -2.25. The summed E-state index contributed by atoms with van der Waals surface area (Å²) in [5.74, 6) is 0.199. The minimum atomic E-state index is -0.269. The normalized spacial score (nSPS) is 12.5. The van der Waals surface area contributed by atoms with Crippen LogP contribution in [-0.4, -0.2) is 69.4 Å². The molecule has 226 valence electrons. The average molecular weight is 590 g/mol. The third kappa shape index (κ3) is 5.56. The van der Waals surface area contributed by atoms with Gasteiger partial charge in [0.1, 0.15) is 0 Å². The SMILES string of the molecule is C=CC(=O)Nc1cc(Nc2ncc(-c3ccnn3C)c(-c3cn4c5c(cccc35)CCC4)n2)c(C)cc1N(C)CCN(C)C. The highest BCUT2D eigenvalue weighted by Gasteiger charge is 2.22. The number of rotatable bonds is 10. The summed E-state index contributed by atoms with van der Waals surface area (Å²) in [4.78, 5) is 26.6. The van der Waals surface area contributed by atoms with Crippen molar-refractivity contribution in [1.82, 2.24) is 29.2 Å². The van der Waals surface area contributed by atoms with Crippen molar-refractivity contribution in [2.45, 2.75) is 26.3 Å². The highest BCUT2D eigenvalue weighted by molar-refractivity contribution is 6.02. The molecule has 0 bridgehead atoms. The molecule has 0 atom stereocenters. The zero-order valence-electron chi connectivity index (χ0n) is 26.1. The summed E-state index contributed by atoms with van der Waals surface area (Å²) >= 11 is 0. The van der Waals surface area contributed by atoms with Crippen LogP contribution in [0.4, 0.5) is 23.0 Å². The molecule has 0 saturated carbocycles. The molecule has 0 fully saturated rings. The molecule has 1 aliphatic rings. The van der Waals surface area contributed by atoms with E-state index in [-0.39, 0.29) is 5.91 Å². The van der Waals surface area contributed by atoms with Gasteiger partial charge in [-0.25, -0.2) is 9.97 Å². The van der Waals surface area contributed by atoms with Crippen molar-refractivity contribution >= 4 is 39.8 Å². The van der Waals surface area contributed by atoms with Crippen LogP contribution in [0.25, 0.3) is 33.4 Å². The monoisotopic (exact) mass is 589 g/mol. The number of carbonyl (C=O) groups excluding carboxylic acids is 1. The van der Waals surface area contributed by atoms with Crippen LogP contribution in [0.1, 0.15) is 17.5 Å². The van der Waals surface area contributed by atoms with E-state index in [9.17, 15) is 4.79 Å². The van der Waals surface area contributed by atoms with Crippen LogP contribution in [0.5, 0.6) is 0 Å². The Labute approximate surface area is 258 Å². The second kappa shape index (κ2) is 12.0.